The molecule has 1 heterocycles. The zero-order valence-electron chi connectivity index (χ0n) is 16.9. The molecule has 2 aromatic carbocycles. The van der Waals surface area contributed by atoms with Crippen molar-refractivity contribution >= 4 is 23.4 Å². The normalized spacial score (nSPS) is 11.7. The Bertz CT molecular complexity index is 972. The number of methoxy groups -OCH3 is 1. The van der Waals surface area contributed by atoms with E-state index in [1.54, 1.807) is 7.11 Å². The summed E-state index contributed by atoms with van der Waals surface area (Å²) in [5.41, 5.74) is 1.88. The number of hydrogen-bond acceptors (Lipinski definition) is 6. The lowest BCUT2D eigenvalue weighted by Crippen LogP contribution is -2.15. The van der Waals surface area contributed by atoms with Crippen molar-refractivity contribution in [2.24, 2.45) is 7.05 Å². The largest absolute Gasteiger partial charge is 0.497 e. The summed E-state index contributed by atoms with van der Waals surface area (Å²) in [5, 5.41) is 12.0. The first-order valence-electron chi connectivity index (χ1n) is 9.15. The van der Waals surface area contributed by atoms with Crippen LogP contribution in [-0.4, -0.2) is 33.5 Å². The summed E-state index contributed by atoms with van der Waals surface area (Å²) < 4.78 is 12.9. The van der Waals surface area contributed by atoms with E-state index in [9.17, 15) is 4.79 Å². The topological polar surface area (TPSA) is 78.3 Å². The van der Waals surface area contributed by atoms with Crippen LogP contribution in [0.2, 0.25) is 0 Å². The maximum atomic E-state index is 12.2. The second-order valence-electron chi connectivity index (χ2n) is 6.54. The van der Waals surface area contributed by atoms with Gasteiger partial charge in [0.15, 0.2) is 17.1 Å². The molecule has 0 aliphatic rings. The second kappa shape index (κ2) is 9.47. The second-order valence-corrected chi connectivity index (χ2v) is 7.48. The summed E-state index contributed by atoms with van der Waals surface area (Å²) in [7, 11) is 3.49. The Hall–Kier alpha value is -3.00. The molecule has 0 radical (unpaired) electrons. The van der Waals surface area contributed by atoms with Crippen molar-refractivity contribution in [1.82, 2.24) is 14.8 Å². The highest BCUT2D eigenvalue weighted by Crippen LogP contribution is 2.25. The van der Waals surface area contributed by atoms with Crippen LogP contribution < -0.4 is 14.8 Å². The fourth-order valence-corrected chi connectivity index (χ4v) is 3.49. The Kier molecular flexibility index (Phi) is 6.77. The Labute approximate surface area is 174 Å². The molecule has 1 aromatic heterocycles. The number of nitrogens with zero attached hydrogens (tertiary/aromatic N) is 3. The highest BCUT2D eigenvalue weighted by atomic mass is 32.2. The van der Waals surface area contributed by atoms with Crippen molar-refractivity contribution in [2.45, 2.75) is 25.1 Å². The van der Waals surface area contributed by atoms with Crippen molar-refractivity contribution in [1.29, 1.82) is 0 Å². The fourth-order valence-electron chi connectivity index (χ4n) is 2.77. The van der Waals surface area contributed by atoms with Crippen molar-refractivity contribution in [3.05, 3.63) is 59.9 Å². The van der Waals surface area contributed by atoms with Gasteiger partial charge in [-0.25, -0.2) is 0 Å². The molecule has 7 nitrogen and oxygen atoms in total. The quantitative estimate of drug-likeness (QED) is 0.564. The molecular weight excluding hydrogens is 388 g/mol. The lowest BCUT2D eigenvalue weighted by Gasteiger charge is -2.14. The van der Waals surface area contributed by atoms with Crippen molar-refractivity contribution < 1.29 is 14.3 Å². The zero-order chi connectivity index (χ0) is 20.8. The molecule has 1 unspecified atom stereocenters. The van der Waals surface area contributed by atoms with E-state index < -0.39 is 0 Å². The number of carbonyl (C=O) groups is 1. The Morgan fingerprint density at radius 1 is 1.17 bits per heavy atom. The van der Waals surface area contributed by atoms with E-state index in [1.165, 1.54) is 11.8 Å². The molecular formula is C21H24N4O3S. The van der Waals surface area contributed by atoms with Crippen LogP contribution in [-0.2, 0) is 11.8 Å². The lowest BCUT2D eigenvalue weighted by atomic mass is 10.2. The van der Waals surface area contributed by atoms with Crippen LogP contribution in [0.25, 0.3) is 0 Å². The van der Waals surface area contributed by atoms with Gasteiger partial charge in [0.2, 0.25) is 5.91 Å². The number of amides is 1. The van der Waals surface area contributed by atoms with Gasteiger partial charge in [0, 0.05) is 12.7 Å². The number of aromatic nitrogens is 3. The number of ether oxygens (including phenoxy) is 2. The van der Waals surface area contributed by atoms with Crippen LogP contribution >= 0.6 is 11.8 Å². The number of nitrogens with one attached hydrogen (secondary N) is 1. The van der Waals surface area contributed by atoms with E-state index in [0.29, 0.717) is 16.7 Å². The molecule has 0 spiro atoms. The molecule has 3 aromatic rings. The molecule has 8 heteroatoms. The summed E-state index contributed by atoms with van der Waals surface area (Å²) in [6, 6.07) is 15.1. The van der Waals surface area contributed by atoms with E-state index in [0.717, 1.165) is 17.0 Å². The first-order valence-corrected chi connectivity index (χ1v) is 10.1. The van der Waals surface area contributed by atoms with E-state index in [-0.39, 0.29) is 17.8 Å². The fraction of sp³-hybridized carbons (Fsp3) is 0.286. The van der Waals surface area contributed by atoms with Gasteiger partial charge in [-0.15, -0.1) is 10.2 Å². The van der Waals surface area contributed by atoms with Gasteiger partial charge in [0.25, 0.3) is 0 Å². The Morgan fingerprint density at radius 3 is 2.59 bits per heavy atom. The van der Waals surface area contributed by atoms with Crippen molar-refractivity contribution in [3.8, 4) is 11.5 Å². The highest BCUT2D eigenvalue weighted by molar-refractivity contribution is 7.99. The summed E-state index contributed by atoms with van der Waals surface area (Å²) in [4.78, 5) is 12.2. The van der Waals surface area contributed by atoms with Gasteiger partial charge in [0.1, 0.15) is 11.5 Å². The summed E-state index contributed by atoms with van der Waals surface area (Å²) in [5.74, 6) is 2.32. The number of benzene rings is 2. The Morgan fingerprint density at radius 2 is 1.90 bits per heavy atom. The van der Waals surface area contributed by atoms with Gasteiger partial charge >= 0.3 is 0 Å². The van der Waals surface area contributed by atoms with Gasteiger partial charge in [-0.2, -0.15) is 0 Å². The zero-order valence-corrected chi connectivity index (χ0v) is 17.7. The third-order valence-corrected chi connectivity index (χ3v) is 5.26. The smallest absolute Gasteiger partial charge is 0.234 e. The molecule has 3 rings (SSSR count). The van der Waals surface area contributed by atoms with Gasteiger partial charge in [-0.3, -0.25) is 4.79 Å². The van der Waals surface area contributed by atoms with E-state index >= 15 is 0 Å². The number of anilines is 1. The van der Waals surface area contributed by atoms with Crippen LogP contribution in [0.5, 0.6) is 11.5 Å². The minimum absolute atomic E-state index is 0.0901. The molecule has 0 saturated heterocycles. The predicted molar refractivity (Wildman–Crippen MR) is 114 cm³/mol. The van der Waals surface area contributed by atoms with E-state index in [4.69, 9.17) is 9.47 Å². The maximum Gasteiger partial charge on any atom is 0.234 e. The SMILES string of the molecule is COc1ccc(OC(C)c2nnc(SCC(=O)Nc3cccc(C)c3)n2C)cc1. The van der Waals surface area contributed by atoms with Crippen LogP contribution in [0, 0.1) is 6.92 Å². The predicted octanol–water partition coefficient (Wildman–Crippen LogP) is 4.00. The third kappa shape index (κ3) is 5.51. The summed E-state index contributed by atoms with van der Waals surface area (Å²) in [6.07, 6.45) is -0.295. The number of carbonyl (C=O) groups excluding carboxylic acids is 1. The van der Waals surface area contributed by atoms with Gasteiger partial charge in [-0.1, -0.05) is 23.9 Å². The number of rotatable bonds is 8. The number of hydrogen-bond donors (Lipinski definition) is 1. The van der Waals surface area contributed by atoms with Crippen LogP contribution in [0.1, 0.15) is 24.4 Å². The number of thioether (sulfide) groups is 1. The Balaban J connectivity index is 1.57. The standard InChI is InChI=1S/C21H24N4O3S/c1-14-6-5-7-16(12-14)22-19(26)13-29-21-24-23-20(25(21)3)15(2)28-18-10-8-17(27-4)9-11-18/h5-12,15H,13H2,1-4H3,(H,22,26). The minimum atomic E-state index is -0.295. The maximum absolute atomic E-state index is 12.2. The van der Waals surface area contributed by atoms with Crippen LogP contribution in [0.3, 0.4) is 0 Å². The van der Waals surface area contributed by atoms with Crippen molar-refractivity contribution in [3.63, 3.8) is 0 Å². The van der Waals surface area contributed by atoms with Crippen LogP contribution in [0.15, 0.2) is 53.7 Å². The van der Waals surface area contributed by atoms with Crippen molar-refractivity contribution in [2.75, 3.05) is 18.2 Å². The summed E-state index contributed by atoms with van der Waals surface area (Å²) in [6.45, 7) is 3.90. The van der Waals surface area contributed by atoms with E-state index in [1.807, 2.05) is 74.0 Å². The highest BCUT2D eigenvalue weighted by Gasteiger charge is 2.18. The molecule has 152 valence electrons. The molecule has 1 amide bonds. The third-order valence-electron chi connectivity index (χ3n) is 4.24. The molecule has 29 heavy (non-hydrogen) atoms. The average molecular weight is 413 g/mol. The van der Waals surface area contributed by atoms with Gasteiger partial charge in [0.05, 0.1) is 12.9 Å². The lowest BCUT2D eigenvalue weighted by molar-refractivity contribution is -0.113. The number of aryl methyl sites for hydroxylation is 1. The first kappa shape index (κ1) is 20.7. The molecule has 0 aliphatic heterocycles. The van der Waals surface area contributed by atoms with E-state index in [2.05, 4.69) is 15.5 Å². The monoisotopic (exact) mass is 412 g/mol. The minimum Gasteiger partial charge on any atom is -0.497 e. The van der Waals surface area contributed by atoms with Gasteiger partial charge in [-0.05, 0) is 55.8 Å². The average Bonchev–Trinajstić information content (AvgIpc) is 3.07. The van der Waals surface area contributed by atoms with Crippen LogP contribution in [0.4, 0.5) is 5.69 Å². The molecule has 1 N–H and O–H groups in total. The molecule has 1 atom stereocenters. The molecule has 0 fully saturated rings. The summed E-state index contributed by atoms with van der Waals surface area (Å²) >= 11 is 1.33. The molecule has 0 saturated carbocycles. The first-order chi connectivity index (χ1) is 14.0. The molecule has 0 aliphatic carbocycles. The van der Waals surface area contributed by atoms with Gasteiger partial charge < -0.3 is 19.4 Å². The molecule has 0 bridgehead atoms.